The highest BCUT2D eigenvalue weighted by atomic mass is 16.5. The lowest BCUT2D eigenvalue weighted by atomic mass is 9.72. The van der Waals surface area contributed by atoms with E-state index in [0.29, 0.717) is 25.0 Å². The minimum atomic E-state index is -0.114. The summed E-state index contributed by atoms with van der Waals surface area (Å²) in [5, 5.41) is 0. The van der Waals surface area contributed by atoms with Crippen molar-refractivity contribution in [3.8, 4) is 0 Å². The predicted octanol–water partition coefficient (Wildman–Crippen LogP) is 5.43. The molecule has 3 heteroatoms. The van der Waals surface area contributed by atoms with Crippen molar-refractivity contribution >= 4 is 5.97 Å². The van der Waals surface area contributed by atoms with E-state index in [1.807, 2.05) is 0 Å². The van der Waals surface area contributed by atoms with E-state index >= 15 is 0 Å². The molecule has 0 spiro atoms. The minimum Gasteiger partial charge on any atom is -0.462 e. The van der Waals surface area contributed by atoms with Crippen molar-refractivity contribution in [1.29, 1.82) is 0 Å². The van der Waals surface area contributed by atoms with Gasteiger partial charge in [0.25, 0.3) is 0 Å². The number of rotatable bonds is 8. The number of allylic oxidation sites excluding steroid dienone is 1. The number of unbranched alkanes of at least 4 members (excludes halogenated alkanes) is 1. The van der Waals surface area contributed by atoms with Crippen LogP contribution in [0.15, 0.2) is 11.1 Å². The van der Waals surface area contributed by atoms with Crippen LogP contribution in [0.2, 0.25) is 0 Å². The summed E-state index contributed by atoms with van der Waals surface area (Å²) in [7, 11) is 1.69. The maximum absolute atomic E-state index is 12.8. The quantitative estimate of drug-likeness (QED) is 0.337. The number of carbonyl (C=O) groups excluding carboxylic acids is 1. The summed E-state index contributed by atoms with van der Waals surface area (Å²) in [5.41, 5.74) is 2.27. The Morgan fingerprint density at radius 1 is 0.917 bits per heavy atom. The molecule has 0 N–H and O–H groups in total. The number of methoxy groups -OCH3 is 1. The Hall–Kier alpha value is -0.830. The molecule has 0 aromatic carbocycles. The van der Waals surface area contributed by atoms with Gasteiger partial charge in [-0.2, -0.15) is 0 Å². The highest BCUT2D eigenvalue weighted by Gasteiger charge is 2.31. The van der Waals surface area contributed by atoms with E-state index in [-0.39, 0.29) is 5.97 Å². The molecule has 0 aliphatic heterocycles. The van der Waals surface area contributed by atoms with Gasteiger partial charge in [-0.3, -0.25) is 0 Å². The Bertz CT molecular complexity index is 381. The third-order valence-corrected chi connectivity index (χ3v) is 5.70. The topological polar surface area (TPSA) is 35.5 Å². The van der Waals surface area contributed by atoms with Crippen molar-refractivity contribution in [3.05, 3.63) is 11.1 Å². The molecule has 24 heavy (non-hydrogen) atoms. The second-order valence-electron chi connectivity index (χ2n) is 7.53. The Morgan fingerprint density at radius 2 is 1.46 bits per heavy atom. The molecule has 0 heterocycles. The van der Waals surface area contributed by atoms with Crippen molar-refractivity contribution < 1.29 is 14.3 Å². The summed E-state index contributed by atoms with van der Waals surface area (Å²) in [6.45, 7) is 3.06. The van der Waals surface area contributed by atoms with Gasteiger partial charge in [0, 0.05) is 7.11 Å². The van der Waals surface area contributed by atoms with E-state index in [4.69, 9.17) is 9.47 Å². The van der Waals surface area contributed by atoms with E-state index < -0.39 is 0 Å². The summed E-state index contributed by atoms with van der Waals surface area (Å²) < 4.78 is 11.0. The van der Waals surface area contributed by atoms with Crippen molar-refractivity contribution in [2.75, 3.05) is 20.3 Å². The van der Waals surface area contributed by atoms with Crippen LogP contribution < -0.4 is 0 Å². The fourth-order valence-electron chi connectivity index (χ4n) is 4.45. The molecule has 0 amide bonds. The first-order valence-corrected chi connectivity index (χ1v) is 10.2. The molecule has 0 aromatic heterocycles. The molecule has 2 aliphatic rings. The van der Waals surface area contributed by atoms with Crippen molar-refractivity contribution in [2.24, 2.45) is 11.8 Å². The fourth-order valence-corrected chi connectivity index (χ4v) is 4.45. The molecule has 0 atom stereocenters. The van der Waals surface area contributed by atoms with Gasteiger partial charge in [0.2, 0.25) is 0 Å². The van der Waals surface area contributed by atoms with Gasteiger partial charge in [0.15, 0.2) is 0 Å². The number of hydrogen-bond donors (Lipinski definition) is 0. The van der Waals surface area contributed by atoms with E-state index in [1.165, 1.54) is 69.8 Å². The van der Waals surface area contributed by atoms with Crippen LogP contribution in [0.5, 0.6) is 0 Å². The maximum Gasteiger partial charge on any atom is 0.336 e. The van der Waals surface area contributed by atoms with Crippen molar-refractivity contribution in [3.63, 3.8) is 0 Å². The molecule has 0 bridgehead atoms. The molecule has 2 saturated carbocycles. The van der Waals surface area contributed by atoms with Crippen molar-refractivity contribution in [1.82, 2.24) is 0 Å². The zero-order valence-electron chi connectivity index (χ0n) is 15.8. The van der Waals surface area contributed by atoms with Gasteiger partial charge in [-0.15, -0.1) is 0 Å². The zero-order valence-corrected chi connectivity index (χ0v) is 15.8. The molecule has 0 unspecified atom stereocenters. The second-order valence-corrected chi connectivity index (χ2v) is 7.53. The van der Waals surface area contributed by atoms with Crippen LogP contribution >= 0.6 is 0 Å². The molecule has 2 fully saturated rings. The minimum absolute atomic E-state index is 0.114. The molecule has 138 valence electrons. The molecular weight excluding hydrogens is 300 g/mol. The first-order chi connectivity index (χ1) is 11.8. The highest BCUT2D eigenvalue weighted by molar-refractivity contribution is 5.90. The molecule has 2 rings (SSSR count). The Morgan fingerprint density at radius 3 is 1.92 bits per heavy atom. The largest absolute Gasteiger partial charge is 0.462 e. The maximum atomic E-state index is 12.8. The molecule has 0 radical (unpaired) electrons. The van der Waals surface area contributed by atoms with Crippen molar-refractivity contribution in [2.45, 2.75) is 84.0 Å². The molecule has 0 saturated heterocycles. The van der Waals surface area contributed by atoms with E-state index in [2.05, 4.69) is 6.92 Å². The zero-order chi connectivity index (χ0) is 17.2. The van der Waals surface area contributed by atoms with E-state index in [9.17, 15) is 4.79 Å². The summed E-state index contributed by atoms with van der Waals surface area (Å²) in [6, 6.07) is 0. The monoisotopic (exact) mass is 336 g/mol. The van der Waals surface area contributed by atoms with Crippen LogP contribution in [0.1, 0.15) is 84.0 Å². The van der Waals surface area contributed by atoms with Gasteiger partial charge >= 0.3 is 5.97 Å². The van der Waals surface area contributed by atoms with Crippen LogP contribution in [0, 0.1) is 11.8 Å². The lowest BCUT2D eigenvalue weighted by Crippen LogP contribution is -2.25. The summed E-state index contributed by atoms with van der Waals surface area (Å²) >= 11 is 0. The highest BCUT2D eigenvalue weighted by Crippen LogP contribution is 2.41. The number of hydrogen-bond acceptors (Lipinski definition) is 3. The first-order valence-electron chi connectivity index (χ1n) is 10.2. The standard InChI is InChI=1S/C21H36O3/c1-3-4-15-24-21(22)19(16-23-2)20(17-11-7-5-8-12-17)18-13-9-6-10-14-18/h17-18H,3-16H2,1-2H3. The predicted molar refractivity (Wildman–Crippen MR) is 97.9 cm³/mol. The fraction of sp³-hybridized carbons (Fsp3) is 0.857. The number of carbonyl (C=O) groups is 1. The van der Waals surface area contributed by atoms with Crippen LogP contribution in [-0.4, -0.2) is 26.3 Å². The van der Waals surface area contributed by atoms with Gasteiger partial charge in [-0.1, -0.05) is 57.4 Å². The van der Waals surface area contributed by atoms with Crippen LogP contribution in [0.25, 0.3) is 0 Å². The first kappa shape index (κ1) is 19.5. The number of ether oxygens (including phenoxy) is 2. The van der Waals surface area contributed by atoms with Gasteiger partial charge < -0.3 is 9.47 Å². The Kier molecular flexibility index (Phi) is 8.87. The normalized spacial score (nSPS) is 19.9. The molecule has 2 aliphatic carbocycles. The summed E-state index contributed by atoms with van der Waals surface area (Å²) in [6.07, 6.45) is 14.8. The van der Waals surface area contributed by atoms with E-state index in [0.717, 1.165) is 18.4 Å². The van der Waals surface area contributed by atoms with Crippen LogP contribution in [0.4, 0.5) is 0 Å². The van der Waals surface area contributed by atoms with Gasteiger partial charge in [0.1, 0.15) is 0 Å². The smallest absolute Gasteiger partial charge is 0.336 e. The van der Waals surface area contributed by atoms with Gasteiger partial charge in [0.05, 0.1) is 18.8 Å². The number of esters is 1. The van der Waals surface area contributed by atoms with E-state index in [1.54, 1.807) is 7.11 Å². The summed E-state index contributed by atoms with van der Waals surface area (Å²) in [4.78, 5) is 12.8. The van der Waals surface area contributed by atoms with Gasteiger partial charge in [-0.25, -0.2) is 4.79 Å². The summed E-state index contributed by atoms with van der Waals surface area (Å²) in [5.74, 6) is 1.04. The lowest BCUT2D eigenvalue weighted by Gasteiger charge is -2.34. The average Bonchev–Trinajstić information content (AvgIpc) is 2.63. The van der Waals surface area contributed by atoms with Crippen LogP contribution in [-0.2, 0) is 14.3 Å². The molecular formula is C21H36O3. The van der Waals surface area contributed by atoms with Gasteiger partial charge in [-0.05, 0) is 43.9 Å². The SMILES string of the molecule is CCCCOC(=O)C(COC)=C(C1CCCCC1)C1CCCCC1. The second kappa shape index (κ2) is 10.9. The molecule has 0 aromatic rings. The van der Waals surface area contributed by atoms with Crippen LogP contribution in [0.3, 0.4) is 0 Å². The third kappa shape index (κ3) is 5.61. The average molecular weight is 337 g/mol. The Labute approximate surface area is 148 Å². The third-order valence-electron chi connectivity index (χ3n) is 5.70. The molecule has 3 nitrogen and oxygen atoms in total. The Balaban J connectivity index is 2.24. The lowest BCUT2D eigenvalue weighted by molar-refractivity contribution is -0.140.